The highest BCUT2D eigenvalue weighted by Crippen LogP contribution is 2.25. The number of morpholine rings is 1. The molecule has 1 aliphatic heterocycles. The summed E-state index contributed by atoms with van der Waals surface area (Å²) in [4.78, 5) is 25.1. The fourth-order valence-corrected chi connectivity index (χ4v) is 3.22. The highest BCUT2D eigenvalue weighted by molar-refractivity contribution is 5.94. The van der Waals surface area contributed by atoms with Crippen molar-refractivity contribution in [2.24, 2.45) is 0 Å². The van der Waals surface area contributed by atoms with Crippen molar-refractivity contribution in [1.29, 1.82) is 0 Å². The number of rotatable bonds is 7. The number of nitro benzene ring substituents is 1. The summed E-state index contributed by atoms with van der Waals surface area (Å²) in [5.41, 5.74) is 1.39. The Morgan fingerprint density at radius 1 is 1.25 bits per heavy atom. The summed E-state index contributed by atoms with van der Waals surface area (Å²) in [5, 5.41) is 13.7. The van der Waals surface area contributed by atoms with Crippen LogP contribution in [0.3, 0.4) is 0 Å². The number of carbonyl (C=O) groups is 1. The molecule has 1 aliphatic rings. The molecule has 0 saturated carbocycles. The Kier molecular flexibility index (Phi) is 6.57. The SMILES string of the molecule is COc1cccc([C@H](CNC(=O)c2ccc([N+](=O)[O-])cc2)N2CCOCC2)c1. The first-order valence-electron chi connectivity index (χ1n) is 9.07. The summed E-state index contributed by atoms with van der Waals surface area (Å²) in [7, 11) is 1.62. The van der Waals surface area contributed by atoms with Crippen LogP contribution < -0.4 is 10.1 Å². The number of carbonyl (C=O) groups excluding carboxylic acids is 1. The van der Waals surface area contributed by atoms with Gasteiger partial charge in [-0.2, -0.15) is 0 Å². The third-order valence-electron chi connectivity index (χ3n) is 4.76. The van der Waals surface area contributed by atoms with Crippen molar-refractivity contribution in [2.75, 3.05) is 40.0 Å². The molecule has 1 heterocycles. The van der Waals surface area contributed by atoms with Crippen LogP contribution in [0.4, 0.5) is 5.69 Å². The maximum absolute atomic E-state index is 12.5. The first kappa shape index (κ1) is 19.8. The zero-order valence-corrected chi connectivity index (χ0v) is 15.7. The van der Waals surface area contributed by atoms with Crippen LogP contribution in [0.1, 0.15) is 22.0 Å². The Labute approximate surface area is 163 Å². The van der Waals surface area contributed by atoms with Crippen molar-refractivity contribution in [3.8, 4) is 5.75 Å². The van der Waals surface area contributed by atoms with Crippen molar-refractivity contribution < 1.29 is 19.2 Å². The molecule has 2 aromatic rings. The van der Waals surface area contributed by atoms with Crippen molar-refractivity contribution >= 4 is 11.6 Å². The van der Waals surface area contributed by atoms with E-state index < -0.39 is 4.92 Å². The number of non-ortho nitro benzene ring substituents is 1. The van der Waals surface area contributed by atoms with E-state index in [1.54, 1.807) is 7.11 Å². The highest BCUT2D eigenvalue weighted by atomic mass is 16.6. The summed E-state index contributed by atoms with van der Waals surface area (Å²) in [6.45, 7) is 3.25. The van der Waals surface area contributed by atoms with Crippen LogP contribution in [0.5, 0.6) is 5.75 Å². The average molecular weight is 385 g/mol. The maximum atomic E-state index is 12.5. The Morgan fingerprint density at radius 3 is 2.61 bits per heavy atom. The quantitative estimate of drug-likeness (QED) is 0.581. The zero-order valence-electron chi connectivity index (χ0n) is 15.7. The second kappa shape index (κ2) is 9.29. The fourth-order valence-electron chi connectivity index (χ4n) is 3.22. The van der Waals surface area contributed by atoms with Crippen LogP contribution in [0.2, 0.25) is 0 Å². The standard InChI is InChI=1S/C20H23N3O5/c1-27-18-4-2-3-16(13-18)19(22-9-11-28-12-10-22)14-21-20(24)15-5-7-17(8-6-15)23(25)26/h2-8,13,19H,9-12,14H2,1H3,(H,21,24)/t19-/m0/s1. The summed E-state index contributed by atoms with van der Waals surface area (Å²) in [6, 6.07) is 13.4. The van der Waals surface area contributed by atoms with Gasteiger partial charge in [0.2, 0.25) is 0 Å². The molecule has 0 spiro atoms. The summed E-state index contributed by atoms with van der Waals surface area (Å²) in [6.07, 6.45) is 0. The highest BCUT2D eigenvalue weighted by Gasteiger charge is 2.24. The lowest BCUT2D eigenvalue weighted by molar-refractivity contribution is -0.384. The number of hydrogen-bond acceptors (Lipinski definition) is 6. The van der Waals surface area contributed by atoms with Gasteiger partial charge in [0.25, 0.3) is 11.6 Å². The lowest BCUT2D eigenvalue weighted by Crippen LogP contribution is -2.43. The minimum atomic E-state index is -0.487. The molecule has 148 valence electrons. The summed E-state index contributed by atoms with van der Waals surface area (Å²) >= 11 is 0. The molecule has 2 aromatic carbocycles. The Balaban J connectivity index is 1.73. The third kappa shape index (κ3) is 4.85. The van der Waals surface area contributed by atoms with E-state index >= 15 is 0 Å². The molecular weight excluding hydrogens is 362 g/mol. The number of nitro groups is 1. The van der Waals surface area contributed by atoms with E-state index in [4.69, 9.17) is 9.47 Å². The Hall–Kier alpha value is -2.97. The van der Waals surface area contributed by atoms with Gasteiger partial charge < -0.3 is 14.8 Å². The number of hydrogen-bond donors (Lipinski definition) is 1. The van der Waals surface area contributed by atoms with Crippen molar-refractivity contribution in [1.82, 2.24) is 10.2 Å². The largest absolute Gasteiger partial charge is 0.497 e. The van der Waals surface area contributed by atoms with Gasteiger partial charge in [0, 0.05) is 37.3 Å². The van der Waals surface area contributed by atoms with Gasteiger partial charge in [-0.3, -0.25) is 19.8 Å². The Morgan fingerprint density at radius 2 is 1.96 bits per heavy atom. The van der Waals surface area contributed by atoms with Gasteiger partial charge in [-0.15, -0.1) is 0 Å². The number of methoxy groups -OCH3 is 1. The second-order valence-electron chi connectivity index (χ2n) is 6.45. The van der Waals surface area contributed by atoms with Gasteiger partial charge in [0.1, 0.15) is 5.75 Å². The van der Waals surface area contributed by atoms with Crippen molar-refractivity contribution in [3.63, 3.8) is 0 Å². The molecule has 3 rings (SSSR count). The van der Waals surface area contributed by atoms with Crippen molar-refractivity contribution in [3.05, 3.63) is 69.8 Å². The molecule has 1 N–H and O–H groups in total. The molecule has 28 heavy (non-hydrogen) atoms. The first-order valence-corrected chi connectivity index (χ1v) is 9.07. The molecular formula is C20H23N3O5. The van der Waals surface area contributed by atoms with E-state index in [0.717, 1.165) is 24.4 Å². The van der Waals surface area contributed by atoms with E-state index in [1.807, 2.05) is 24.3 Å². The smallest absolute Gasteiger partial charge is 0.269 e. The van der Waals surface area contributed by atoms with E-state index in [0.29, 0.717) is 25.3 Å². The lowest BCUT2D eigenvalue weighted by atomic mass is 10.0. The van der Waals surface area contributed by atoms with Crippen LogP contribution in [-0.2, 0) is 4.74 Å². The predicted molar refractivity (Wildman–Crippen MR) is 104 cm³/mol. The van der Waals surface area contributed by atoms with E-state index in [1.165, 1.54) is 24.3 Å². The molecule has 0 aromatic heterocycles. The third-order valence-corrected chi connectivity index (χ3v) is 4.76. The van der Waals surface area contributed by atoms with Gasteiger partial charge in [0.05, 0.1) is 31.3 Å². The molecule has 0 unspecified atom stereocenters. The molecule has 0 aliphatic carbocycles. The van der Waals surface area contributed by atoms with Gasteiger partial charge in [-0.25, -0.2) is 0 Å². The van der Waals surface area contributed by atoms with E-state index in [2.05, 4.69) is 10.2 Å². The number of ether oxygens (including phenoxy) is 2. The topological polar surface area (TPSA) is 93.9 Å². The Bertz CT molecular complexity index is 819. The van der Waals surface area contributed by atoms with Gasteiger partial charge in [-0.05, 0) is 29.8 Å². The minimum absolute atomic E-state index is 0.0269. The van der Waals surface area contributed by atoms with Crippen molar-refractivity contribution in [2.45, 2.75) is 6.04 Å². The molecule has 0 radical (unpaired) electrons. The molecule has 1 amide bonds. The monoisotopic (exact) mass is 385 g/mol. The zero-order chi connectivity index (χ0) is 19.9. The van der Waals surface area contributed by atoms with Gasteiger partial charge in [0.15, 0.2) is 0 Å². The average Bonchev–Trinajstić information content (AvgIpc) is 2.74. The lowest BCUT2D eigenvalue weighted by Gasteiger charge is -2.35. The number of nitrogens with one attached hydrogen (secondary N) is 1. The number of benzene rings is 2. The maximum Gasteiger partial charge on any atom is 0.269 e. The summed E-state index contributed by atoms with van der Waals surface area (Å²) in [5.74, 6) is 0.494. The van der Waals surface area contributed by atoms with Crippen LogP contribution >= 0.6 is 0 Å². The molecule has 0 bridgehead atoms. The molecule has 1 fully saturated rings. The van der Waals surface area contributed by atoms with Gasteiger partial charge in [-0.1, -0.05) is 12.1 Å². The van der Waals surface area contributed by atoms with E-state index in [-0.39, 0.29) is 17.6 Å². The minimum Gasteiger partial charge on any atom is -0.497 e. The number of amides is 1. The van der Waals surface area contributed by atoms with Crippen LogP contribution in [0, 0.1) is 10.1 Å². The fraction of sp³-hybridized carbons (Fsp3) is 0.350. The second-order valence-corrected chi connectivity index (χ2v) is 6.45. The molecule has 1 saturated heterocycles. The van der Waals surface area contributed by atoms with Crippen LogP contribution in [0.15, 0.2) is 48.5 Å². The van der Waals surface area contributed by atoms with Gasteiger partial charge >= 0.3 is 0 Å². The molecule has 8 heteroatoms. The van der Waals surface area contributed by atoms with Crippen LogP contribution in [-0.4, -0.2) is 55.7 Å². The molecule has 1 atom stereocenters. The van der Waals surface area contributed by atoms with Crippen LogP contribution in [0.25, 0.3) is 0 Å². The molecule has 8 nitrogen and oxygen atoms in total. The normalized spacial score (nSPS) is 15.6. The predicted octanol–water partition coefficient (Wildman–Crippen LogP) is 2.41. The van der Waals surface area contributed by atoms with E-state index in [9.17, 15) is 14.9 Å². The summed E-state index contributed by atoms with van der Waals surface area (Å²) < 4.78 is 10.8. The first-order chi connectivity index (χ1) is 13.6. The number of nitrogens with zero attached hydrogens (tertiary/aromatic N) is 2.